The van der Waals surface area contributed by atoms with Crippen LogP contribution in [0.4, 0.5) is 0 Å². The third-order valence-electron chi connectivity index (χ3n) is 2.78. The Morgan fingerprint density at radius 2 is 1.78 bits per heavy atom. The van der Waals surface area contributed by atoms with Crippen molar-refractivity contribution in [2.75, 3.05) is 7.05 Å². The van der Waals surface area contributed by atoms with Crippen molar-refractivity contribution in [2.45, 2.75) is 36.6 Å². The van der Waals surface area contributed by atoms with Crippen LogP contribution in [0.15, 0.2) is 0 Å². The van der Waals surface area contributed by atoms with Crippen LogP contribution < -0.4 is 0 Å². The first-order valence-corrected chi connectivity index (χ1v) is 4.19. The van der Waals surface area contributed by atoms with Crippen LogP contribution in [0.1, 0.15) is 19.3 Å². The molecule has 9 heavy (non-hydrogen) atoms. The average molecular weight is 143 g/mol. The second-order valence-corrected chi connectivity index (χ2v) is 4.06. The molecule has 2 bridgehead atoms. The molecule has 1 nitrogen and oxygen atoms in total. The summed E-state index contributed by atoms with van der Waals surface area (Å²) in [5.74, 6) is 0. The van der Waals surface area contributed by atoms with Gasteiger partial charge < -0.3 is 4.90 Å². The van der Waals surface area contributed by atoms with Crippen LogP contribution in [0.5, 0.6) is 0 Å². The molecule has 2 heteroatoms. The van der Waals surface area contributed by atoms with E-state index in [0.717, 1.165) is 12.1 Å². The number of piperidine rings is 1. The van der Waals surface area contributed by atoms with E-state index in [2.05, 4.69) is 24.6 Å². The Morgan fingerprint density at radius 1 is 1.22 bits per heavy atom. The summed E-state index contributed by atoms with van der Waals surface area (Å²) in [6.45, 7) is 0. The standard InChI is InChI=1S/C7H13NS/c1-8-5-2-6(8)4-7(9)3-5/h5-7,9H,2-4H2,1H3. The zero-order valence-corrected chi connectivity index (χ0v) is 6.64. The van der Waals surface area contributed by atoms with Gasteiger partial charge in [0.25, 0.3) is 0 Å². The van der Waals surface area contributed by atoms with Crippen LogP contribution in [0.2, 0.25) is 0 Å². The van der Waals surface area contributed by atoms with Gasteiger partial charge in [-0.2, -0.15) is 12.6 Å². The van der Waals surface area contributed by atoms with Gasteiger partial charge in [0, 0.05) is 17.3 Å². The number of hydrogen-bond acceptors (Lipinski definition) is 2. The summed E-state index contributed by atoms with van der Waals surface area (Å²) in [6.07, 6.45) is 4.07. The lowest BCUT2D eigenvalue weighted by atomic mass is 9.80. The van der Waals surface area contributed by atoms with Crippen molar-refractivity contribution in [1.82, 2.24) is 4.90 Å². The average Bonchev–Trinajstić information content (AvgIpc) is 1.87. The summed E-state index contributed by atoms with van der Waals surface area (Å²) in [5.41, 5.74) is 0. The van der Waals surface area contributed by atoms with E-state index in [1.54, 1.807) is 0 Å². The van der Waals surface area contributed by atoms with Gasteiger partial charge in [0.05, 0.1) is 0 Å². The molecule has 2 atom stereocenters. The van der Waals surface area contributed by atoms with E-state index in [1.807, 2.05) is 0 Å². The minimum atomic E-state index is 0.699. The van der Waals surface area contributed by atoms with Crippen LogP contribution in [0.3, 0.4) is 0 Å². The fraction of sp³-hybridized carbons (Fsp3) is 1.00. The Bertz CT molecular complexity index is 114. The minimum Gasteiger partial charge on any atom is -0.300 e. The fourth-order valence-corrected chi connectivity index (χ4v) is 2.54. The van der Waals surface area contributed by atoms with Crippen LogP contribution in [-0.4, -0.2) is 29.3 Å². The SMILES string of the molecule is CN1C2CC(S)CC1C2. The topological polar surface area (TPSA) is 3.24 Å². The zero-order valence-electron chi connectivity index (χ0n) is 5.75. The lowest BCUT2D eigenvalue weighted by Crippen LogP contribution is -2.58. The summed E-state index contributed by atoms with van der Waals surface area (Å²) in [4.78, 5) is 2.49. The van der Waals surface area contributed by atoms with Crippen LogP contribution >= 0.6 is 12.6 Å². The molecule has 52 valence electrons. The molecule has 3 aliphatic rings. The molecule has 2 heterocycles. The predicted molar refractivity (Wildman–Crippen MR) is 42.0 cm³/mol. The third-order valence-corrected chi connectivity index (χ3v) is 3.21. The maximum atomic E-state index is 4.46. The number of rotatable bonds is 0. The predicted octanol–water partition coefficient (Wildman–Crippen LogP) is 1.15. The molecule has 0 aromatic rings. The highest BCUT2D eigenvalue weighted by Gasteiger charge is 2.41. The molecule has 3 fully saturated rings. The van der Waals surface area contributed by atoms with Crippen molar-refractivity contribution in [2.24, 2.45) is 0 Å². The molecular formula is C7H13NS. The van der Waals surface area contributed by atoms with Gasteiger partial charge in [-0.25, -0.2) is 0 Å². The number of thiol groups is 1. The summed E-state index contributed by atoms with van der Waals surface area (Å²) in [7, 11) is 2.23. The summed E-state index contributed by atoms with van der Waals surface area (Å²) in [5, 5.41) is 0.699. The summed E-state index contributed by atoms with van der Waals surface area (Å²) >= 11 is 4.46. The number of hydrogen-bond donors (Lipinski definition) is 1. The van der Waals surface area contributed by atoms with Crippen molar-refractivity contribution < 1.29 is 0 Å². The van der Waals surface area contributed by atoms with Crippen molar-refractivity contribution in [1.29, 1.82) is 0 Å². The molecule has 2 unspecified atom stereocenters. The molecular weight excluding hydrogens is 130 g/mol. The zero-order chi connectivity index (χ0) is 6.43. The largest absolute Gasteiger partial charge is 0.300 e. The Balaban J connectivity index is 2.01. The van der Waals surface area contributed by atoms with E-state index in [4.69, 9.17) is 0 Å². The lowest BCUT2D eigenvalue weighted by Gasteiger charge is -2.52. The van der Waals surface area contributed by atoms with Gasteiger partial charge in [0.2, 0.25) is 0 Å². The maximum Gasteiger partial charge on any atom is 0.0120 e. The minimum absolute atomic E-state index is 0.699. The first-order valence-electron chi connectivity index (χ1n) is 3.67. The van der Waals surface area contributed by atoms with E-state index in [9.17, 15) is 0 Å². The number of fused-ring (bicyclic) bond motifs is 2. The molecule has 0 spiro atoms. The van der Waals surface area contributed by atoms with E-state index >= 15 is 0 Å². The molecule has 0 N–H and O–H groups in total. The Kier molecular flexibility index (Phi) is 1.27. The van der Waals surface area contributed by atoms with Gasteiger partial charge in [-0.15, -0.1) is 0 Å². The highest BCUT2D eigenvalue weighted by molar-refractivity contribution is 7.80. The lowest BCUT2D eigenvalue weighted by molar-refractivity contribution is 0.00138. The van der Waals surface area contributed by atoms with Gasteiger partial charge in [-0.3, -0.25) is 0 Å². The van der Waals surface area contributed by atoms with Gasteiger partial charge in [0.1, 0.15) is 0 Å². The Labute approximate surface area is 61.8 Å². The van der Waals surface area contributed by atoms with Gasteiger partial charge in [-0.1, -0.05) is 0 Å². The van der Waals surface area contributed by atoms with Gasteiger partial charge >= 0.3 is 0 Å². The van der Waals surface area contributed by atoms with Crippen molar-refractivity contribution in [3.63, 3.8) is 0 Å². The maximum absolute atomic E-state index is 4.46. The third kappa shape index (κ3) is 0.802. The van der Waals surface area contributed by atoms with Crippen LogP contribution in [0, 0.1) is 0 Å². The van der Waals surface area contributed by atoms with E-state index < -0.39 is 0 Å². The molecule has 2 aliphatic heterocycles. The smallest absolute Gasteiger partial charge is 0.0120 e. The molecule has 2 saturated heterocycles. The molecule has 0 radical (unpaired) electrons. The van der Waals surface area contributed by atoms with E-state index in [0.29, 0.717) is 5.25 Å². The second kappa shape index (κ2) is 1.89. The highest BCUT2D eigenvalue weighted by atomic mass is 32.1. The first kappa shape index (κ1) is 6.05. The second-order valence-electron chi connectivity index (χ2n) is 3.33. The quantitative estimate of drug-likeness (QED) is 0.498. The monoisotopic (exact) mass is 143 g/mol. The van der Waals surface area contributed by atoms with Crippen molar-refractivity contribution in [3.05, 3.63) is 0 Å². The van der Waals surface area contributed by atoms with Crippen LogP contribution in [-0.2, 0) is 0 Å². The van der Waals surface area contributed by atoms with Crippen LogP contribution in [0.25, 0.3) is 0 Å². The molecule has 0 aromatic heterocycles. The molecule has 0 amide bonds. The Morgan fingerprint density at radius 3 is 2.11 bits per heavy atom. The van der Waals surface area contributed by atoms with Gasteiger partial charge in [-0.05, 0) is 26.3 Å². The fourth-order valence-electron chi connectivity index (χ4n) is 2.06. The molecule has 3 rings (SSSR count). The summed E-state index contributed by atoms with van der Waals surface area (Å²) in [6, 6.07) is 1.76. The van der Waals surface area contributed by atoms with E-state index in [1.165, 1.54) is 19.3 Å². The van der Waals surface area contributed by atoms with E-state index in [-0.39, 0.29) is 0 Å². The van der Waals surface area contributed by atoms with Crippen molar-refractivity contribution >= 4 is 12.6 Å². The van der Waals surface area contributed by atoms with Crippen molar-refractivity contribution in [3.8, 4) is 0 Å². The molecule has 0 aromatic carbocycles. The number of nitrogens with zero attached hydrogens (tertiary/aromatic N) is 1. The highest BCUT2D eigenvalue weighted by Crippen LogP contribution is 2.38. The first-order chi connectivity index (χ1) is 4.27. The normalized spacial score (nSPS) is 50.7. The Hall–Kier alpha value is 0.310. The molecule has 1 saturated carbocycles. The van der Waals surface area contributed by atoms with Gasteiger partial charge in [0.15, 0.2) is 0 Å². The summed E-state index contributed by atoms with van der Waals surface area (Å²) < 4.78 is 0. The molecule has 1 aliphatic carbocycles.